The average Bonchev–Trinajstić information content (AvgIpc) is 3.04. The van der Waals surface area contributed by atoms with Crippen LogP contribution in [0.1, 0.15) is 18.4 Å². The number of hydrogen-bond acceptors (Lipinski definition) is 3. The molecule has 0 unspecified atom stereocenters. The molecule has 0 aromatic heterocycles. The third-order valence-corrected chi connectivity index (χ3v) is 4.21. The molecule has 3 rings (SSSR count). The van der Waals surface area contributed by atoms with Crippen LogP contribution in [0.25, 0.3) is 0 Å². The Bertz CT molecular complexity index is 478. The predicted molar refractivity (Wildman–Crippen MR) is 77.2 cm³/mol. The zero-order valence-electron chi connectivity index (χ0n) is 12.1. The van der Waals surface area contributed by atoms with E-state index in [1.54, 1.807) is 0 Å². The van der Waals surface area contributed by atoms with Gasteiger partial charge >= 0.3 is 0 Å². The molecule has 1 amide bonds. The van der Waals surface area contributed by atoms with E-state index in [4.69, 9.17) is 4.74 Å². The maximum absolute atomic E-state index is 12.9. The van der Waals surface area contributed by atoms with Crippen molar-refractivity contribution in [3.63, 3.8) is 0 Å². The highest BCUT2D eigenvalue weighted by molar-refractivity contribution is 5.81. The van der Waals surface area contributed by atoms with Gasteiger partial charge in [-0.3, -0.25) is 9.69 Å². The van der Waals surface area contributed by atoms with Gasteiger partial charge in [0.2, 0.25) is 0 Å². The Kier molecular flexibility index (Phi) is 4.51. The van der Waals surface area contributed by atoms with E-state index < -0.39 is 0 Å². The van der Waals surface area contributed by atoms with Crippen LogP contribution in [-0.2, 0) is 16.1 Å². The highest BCUT2D eigenvalue weighted by Gasteiger charge is 2.30. The highest BCUT2D eigenvalue weighted by Crippen LogP contribution is 2.16. The minimum atomic E-state index is -0.214. The van der Waals surface area contributed by atoms with Crippen molar-refractivity contribution >= 4 is 5.91 Å². The Morgan fingerprint density at radius 1 is 1.19 bits per heavy atom. The molecule has 2 aliphatic rings. The second-order valence-electron chi connectivity index (χ2n) is 5.73. The molecule has 114 valence electrons. The molecule has 1 atom stereocenters. The number of carbonyl (C=O) groups is 1. The highest BCUT2D eigenvalue weighted by atomic mass is 19.1. The summed E-state index contributed by atoms with van der Waals surface area (Å²) in [6.45, 7) is 4.73. The lowest BCUT2D eigenvalue weighted by Gasteiger charge is -2.35. The van der Waals surface area contributed by atoms with Crippen molar-refractivity contribution in [2.24, 2.45) is 0 Å². The molecular formula is C16H21FN2O2. The first-order chi connectivity index (χ1) is 10.2. The van der Waals surface area contributed by atoms with Crippen LogP contribution in [-0.4, -0.2) is 54.6 Å². The van der Waals surface area contributed by atoms with Crippen LogP contribution in [0.5, 0.6) is 0 Å². The summed E-state index contributed by atoms with van der Waals surface area (Å²) < 4.78 is 18.3. The average molecular weight is 292 g/mol. The number of nitrogens with zero attached hydrogens (tertiary/aromatic N) is 2. The van der Waals surface area contributed by atoms with Gasteiger partial charge in [0.25, 0.3) is 5.91 Å². The number of ether oxygens (including phenoxy) is 1. The van der Waals surface area contributed by atoms with Crippen LogP contribution in [0.4, 0.5) is 4.39 Å². The number of rotatable bonds is 3. The molecule has 1 aromatic carbocycles. The molecule has 5 heteroatoms. The monoisotopic (exact) mass is 292 g/mol. The Morgan fingerprint density at radius 2 is 1.90 bits per heavy atom. The first-order valence-electron chi connectivity index (χ1n) is 7.59. The Morgan fingerprint density at radius 3 is 2.52 bits per heavy atom. The fraction of sp³-hybridized carbons (Fsp3) is 0.562. The molecule has 0 saturated carbocycles. The molecule has 0 bridgehead atoms. The van der Waals surface area contributed by atoms with Crippen LogP contribution in [0.15, 0.2) is 24.3 Å². The molecule has 21 heavy (non-hydrogen) atoms. The largest absolute Gasteiger partial charge is 0.368 e. The zero-order chi connectivity index (χ0) is 14.7. The van der Waals surface area contributed by atoms with Crippen LogP contribution in [0.2, 0.25) is 0 Å². The summed E-state index contributed by atoms with van der Waals surface area (Å²) >= 11 is 0. The van der Waals surface area contributed by atoms with Crippen molar-refractivity contribution in [1.82, 2.24) is 9.80 Å². The molecule has 0 spiro atoms. The van der Waals surface area contributed by atoms with Crippen LogP contribution in [0, 0.1) is 5.82 Å². The summed E-state index contributed by atoms with van der Waals surface area (Å²) in [5.74, 6) is -0.0559. The van der Waals surface area contributed by atoms with Gasteiger partial charge in [-0.15, -0.1) is 0 Å². The van der Waals surface area contributed by atoms with Crippen molar-refractivity contribution < 1.29 is 13.9 Å². The fourth-order valence-electron chi connectivity index (χ4n) is 2.95. The first-order valence-corrected chi connectivity index (χ1v) is 7.59. The quantitative estimate of drug-likeness (QED) is 0.849. The molecule has 2 heterocycles. The Balaban J connectivity index is 1.48. The summed E-state index contributed by atoms with van der Waals surface area (Å²) in [4.78, 5) is 16.5. The van der Waals surface area contributed by atoms with E-state index in [0.717, 1.165) is 51.1 Å². The molecular weight excluding hydrogens is 271 g/mol. The fourth-order valence-corrected chi connectivity index (χ4v) is 2.95. The van der Waals surface area contributed by atoms with E-state index in [2.05, 4.69) is 4.90 Å². The summed E-state index contributed by atoms with van der Waals surface area (Å²) in [5, 5.41) is 0. The van der Waals surface area contributed by atoms with Gasteiger partial charge in [0.15, 0.2) is 0 Å². The first kappa shape index (κ1) is 14.5. The summed E-state index contributed by atoms with van der Waals surface area (Å²) in [6.07, 6.45) is 1.63. The predicted octanol–water partition coefficient (Wildman–Crippen LogP) is 1.65. The molecule has 2 fully saturated rings. The van der Waals surface area contributed by atoms with Crippen molar-refractivity contribution in [3.05, 3.63) is 35.6 Å². The van der Waals surface area contributed by atoms with E-state index in [1.165, 1.54) is 12.1 Å². The van der Waals surface area contributed by atoms with Crippen molar-refractivity contribution in [3.8, 4) is 0 Å². The van der Waals surface area contributed by atoms with Crippen molar-refractivity contribution in [2.75, 3.05) is 32.8 Å². The van der Waals surface area contributed by atoms with Gasteiger partial charge in [0, 0.05) is 39.3 Å². The Hall–Kier alpha value is -1.46. The number of piperazine rings is 1. The lowest BCUT2D eigenvalue weighted by Crippen LogP contribution is -2.51. The van der Waals surface area contributed by atoms with Crippen LogP contribution >= 0.6 is 0 Å². The molecule has 2 aliphatic heterocycles. The second kappa shape index (κ2) is 6.54. The number of halogens is 1. The summed E-state index contributed by atoms with van der Waals surface area (Å²) in [7, 11) is 0. The zero-order valence-corrected chi connectivity index (χ0v) is 12.1. The molecule has 4 nitrogen and oxygen atoms in total. The standard InChI is InChI=1S/C16H21FN2O2/c17-14-5-3-13(4-6-14)12-18-7-9-19(10-8-18)16(20)15-2-1-11-21-15/h3-6,15H,1-2,7-12H2/t15-/m0/s1. The topological polar surface area (TPSA) is 32.8 Å². The maximum atomic E-state index is 12.9. The number of carbonyl (C=O) groups excluding carboxylic acids is 1. The minimum Gasteiger partial charge on any atom is -0.368 e. The minimum absolute atomic E-state index is 0.147. The SMILES string of the molecule is O=C([C@@H]1CCCO1)N1CCN(Cc2ccc(F)cc2)CC1. The van der Waals surface area contributed by atoms with E-state index in [9.17, 15) is 9.18 Å². The normalized spacial score (nSPS) is 23.5. The third kappa shape index (κ3) is 3.60. The summed E-state index contributed by atoms with van der Waals surface area (Å²) in [5.41, 5.74) is 1.11. The smallest absolute Gasteiger partial charge is 0.251 e. The number of amides is 1. The maximum Gasteiger partial charge on any atom is 0.251 e. The number of benzene rings is 1. The van der Waals surface area contributed by atoms with E-state index >= 15 is 0 Å². The van der Waals surface area contributed by atoms with Gasteiger partial charge in [-0.1, -0.05) is 12.1 Å². The second-order valence-corrected chi connectivity index (χ2v) is 5.73. The molecule has 0 aliphatic carbocycles. The van der Waals surface area contributed by atoms with Crippen LogP contribution in [0.3, 0.4) is 0 Å². The number of hydrogen-bond donors (Lipinski definition) is 0. The van der Waals surface area contributed by atoms with E-state index in [-0.39, 0.29) is 17.8 Å². The van der Waals surface area contributed by atoms with Gasteiger partial charge in [-0.25, -0.2) is 4.39 Å². The van der Waals surface area contributed by atoms with E-state index in [0.29, 0.717) is 6.61 Å². The summed E-state index contributed by atoms with van der Waals surface area (Å²) in [6, 6.07) is 6.62. The lowest BCUT2D eigenvalue weighted by molar-refractivity contribution is -0.142. The van der Waals surface area contributed by atoms with Gasteiger partial charge in [-0.2, -0.15) is 0 Å². The third-order valence-electron chi connectivity index (χ3n) is 4.21. The van der Waals surface area contributed by atoms with E-state index in [1.807, 2.05) is 17.0 Å². The van der Waals surface area contributed by atoms with Gasteiger partial charge in [0.05, 0.1) is 0 Å². The van der Waals surface area contributed by atoms with Crippen LogP contribution < -0.4 is 0 Å². The van der Waals surface area contributed by atoms with Gasteiger partial charge in [0.1, 0.15) is 11.9 Å². The molecule has 1 aromatic rings. The van der Waals surface area contributed by atoms with Gasteiger partial charge in [-0.05, 0) is 30.5 Å². The Labute approximate surface area is 124 Å². The van der Waals surface area contributed by atoms with Crippen molar-refractivity contribution in [2.45, 2.75) is 25.5 Å². The lowest BCUT2D eigenvalue weighted by atomic mass is 10.1. The molecule has 0 radical (unpaired) electrons. The molecule has 2 saturated heterocycles. The van der Waals surface area contributed by atoms with Crippen molar-refractivity contribution in [1.29, 1.82) is 0 Å². The van der Waals surface area contributed by atoms with Gasteiger partial charge < -0.3 is 9.64 Å². The molecule has 0 N–H and O–H groups in total.